The Balaban J connectivity index is 2.37. The number of aromatic nitrogens is 3. The molecule has 0 aliphatic rings. The number of nitrogens with zero attached hydrogens (tertiary/aromatic N) is 3. The summed E-state index contributed by atoms with van der Waals surface area (Å²) in [6.45, 7) is 1.98. The van der Waals surface area contributed by atoms with Crippen LogP contribution in [0, 0.1) is 6.92 Å². The van der Waals surface area contributed by atoms with Crippen molar-refractivity contribution in [2.75, 3.05) is 7.05 Å². The van der Waals surface area contributed by atoms with E-state index in [1.54, 1.807) is 0 Å². The van der Waals surface area contributed by atoms with E-state index in [9.17, 15) is 0 Å². The Labute approximate surface area is 94.8 Å². The fraction of sp³-hybridized carbons (Fsp3) is 0.250. The van der Waals surface area contributed by atoms with Gasteiger partial charge in [-0.05, 0) is 31.7 Å². The minimum Gasteiger partial charge on any atom is -0.309 e. The molecule has 1 atom stereocenters. The maximum absolute atomic E-state index is 4.19. The first-order valence-electron chi connectivity index (χ1n) is 5.16. The van der Waals surface area contributed by atoms with Crippen LogP contribution in [0.4, 0.5) is 0 Å². The predicted octanol–water partition coefficient (Wildman–Crippen LogP) is 1.49. The average Bonchev–Trinajstić information content (AvgIpc) is 2.31. The summed E-state index contributed by atoms with van der Waals surface area (Å²) in [6.07, 6.45) is 7.00. The van der Waals surface area contributed by atoms with E-state index in [1.807, 2.05) is 38.6 Å². The highest BCUT2D eigenvalue weighted by atomic mass is 14.9. The van der Waals surface area contributed by atoms with Gasteiger partial charge in [-0.25, -0.2) is 9.97 Å². The Morgan fingerprint density at radius 1 is 1.19 bits per heavy atom. The quantitative estimate of drug-likeness (QED) is 0.841. The van der Waals surface area contributed by atoms with Gasteiger partial charge in [-0.2, -0.15) is 0 Å². The van der Waals surface area contributed by atoms with E-state index >= 15 is 0 Å². The van der Waals surface area contributed by atoms with Crippen molar-refractivity contribution in [3.05, 3.63) is 53.9 Å². The van der Waals surface area contributed by atoms with Gasteiger partial charge in [0.25, 0.3) is 0 Å². The topological polar surface area (TPSA) is 50.7 Å². The summed E-state index contributed by atoms with van der Waals surface area (Å²) in [5, 5.41) is 3.25. The lowest BCUT2D eigenvalue weighted by molar-refractivity contribution is 0.682. The molecule has 0 aliphatic heterocycles. The molecule has 0 aromatic carbocycles. The van der Waals surface area contributed by atoms with E-state index in [0.29, 0.717) is 0 Å². The fourth-order valence-corrected chi connectivity index (χ4v) is 1.73. The Kier molecular flexibility index (Phi) is 3.22. The zero-order valence-corrected chi connectivity index (χ0v) is 9.38. The van der Waals surface area contributed by atoms with Crippen molar-refractivity contribution in [1.29, 1.82) is 0 Å². The molecule has 0 fully saturated rings. The molecule has 0 saturated heterocycles. The van der Waals surface area contributed by atoms with Crippen LogP contribution in [0.3, 0.4) is 0 Å². The van der Waals surface area contributed by atoms with E-state index in [2.05, 4.69) is 26.3 Å². The molecule has 0 radical (unpaired) electrons. The molecule has 2 aromatic rings. The first-order chi connectivity index (χ1) is 7.81. The molecule has 0 amide bonds. The van der Waals surface area contributed by atoms with Gasteiger partial charge in [-0.1, -0.05) is 0 Å². The van der Waals surface area contributed by atoms with Gasteiger partial charge in [0.05, 0.1) is 6.04 Å². The van der Waals surface area contributed by atoms with E-state index < -0.39 is 0 Å². The molecular weight excluding hydrogens is 200 g/mol. The maximum atomic E-state index is 4.19. The van der Waals surface area contributed by atoms with Crippen LogP contribution in [-0.4, -0.2) is 22.0 Å². The van der Waals surface area contributed by atoms with E-state index in [4.69, 9.17) is 0 Å². The number of rotatable bonds is 3. The summed E-state index contributed by atoms with van der Waals surface area (Å²) in [5.74, 6) is 0. The van der Waals surface area contributed by atoms with Crippen molar-refractivity contribution in [1.82, 2.24) is 20.3 Å². The lowest BCUT2D eigenvalue weighted by atomic mass is 10.0. The molecule has 4 heteroatoms. The van der Waals surface area contributed by atoms with Crippen LogP contribution in [0.25, 0.3) is 0 Å². The summed E-state index contributed by atoms with van der Waals surface area (Å²) in [5.41, 5.74) is 3.23. The Morgan fingerprint density at radius 2 is 1.94 bits per heavy atom. The van der Waals surface area contributed by atoms with Gasteiger partial charge in [0.15, 0.2) is 0 Å². The van der Waals surface area contributed by atoms with Crippen molar-refractivity contribution in [2.24, 2.45) is 0 Å². The van der Waals surface area contributed by atoms with Gasteiger partial charge in [0, 0.05) is 29.8 Å². The summed E-state index contributed by atoms with van der Waals surface area (Å²) in [6, 6.07) is 4.18. The van der Waals surface area contributed by atoms with E-state index in [0.717, 1.165) is 11.3 Å². The van der Waals surface area contributed by atoms with Gasteiger partial charge < -0.3 is 5.32 Å². The normalized spacial score (nSPS) is 12.4. The second-order valence-electron chi connectivity index (χ2n) is 3.62. The van der Waals surface area contributed by atoms with Crippen LogP contribution in [0.1, 0.15) is 22.9 Å². The zero-order chi connectivity index (χ0) is 11.4. The number of hydrogen-bond donors (Lipinski definition) is 1. The molecule has 2 heterocycles. The molecule has 0 spiro atoms. The van der Waals surface area contributed by atoms with Crippen LogP contribution < -0.4 is 5.32 Å². The van der Waals surface area contributed by atoms with Crippen molar-refractivity contribution >= 4 is 0 Å². The molecule has 4 nitrogen and oxygen atoms in total. The molecule has 16 heavy (non-hydrogen) atoms. The molecule has 82 valence electrons. The third-order valence-electron chi connectivity index (χ3n) is 2.46. The van der Waals surface area contributed by atoms with Crippen molar-refractivity contribution in [3.8, 4) is 0 Å². The SMILES string of the molecule is CNC(c1cncnc1)c1ccnc(C)c1. The highest BCUT2D eigenvalue weighted by molar-refractivity contribution is 5.28. The largest absolute Gasteiger partial charge is 0.309 e. The summed E-state index contributed by atoms with van der Waals surface area (Å²) in [4.78, 5) is 12.3. The minimum absolute atomic E-state index is 0.114. The molecule has 2 aromatic heterocycles. The molecule has 0 saturated carbocycles. The number of nitrogens with one attached hydrogen (secondary N) is 1. The number of aryl methyl sites for hydroxylation is 1. The van der Waals surface area contributed by atoms with Gasteiger partial charge >= 0.3 is 0 Å². The second kappa shape index (κ2) is 4.81. The van der Waals surface area contributed by atoms with Crippen LogP contribution in [-0.2, 0) is 0 Å². The second-order valence-corrected chi connectivity index (χ2v) is 3.62. The monoisotopic (exact) mass is 214 g/mol. The van der Waals surface area contributed by atoms with Gasteiger partial charge in [-0.3, -0.25) is 4.98 Å². The zero-order valence-electron chi connectivity index (χ0n) is 9.38. The van der Waals surface area contributed by atoms with E-state index in [1.165, 1.54) is 11.9 Å². The Bertz CT molecular complexity index is 456. The van der Waals surface area contributed by atoms with Gasteiger partial charge in [-0.15, -0.1) is 0 Å². The number of pyridine rings is 1. The fourth-order valence-electron chi connectivity index (χ4n) is 1.73. The molecule has 2 rings (SSSR count). The number of hydrogen-bond acceptors (Lipinski definition) is 4. The van der Waals surface area contributed by atoms with Crippen molar-refractivity contribution in [2.45, 2.75) is 13.0 Å². The predicted molar refractivity (Wildman–Crippen MR) is 61.9 cm³/mol. The average molecular weight is 214 g/mol. The first-order valence-corrected chi connectivity index (χ1v) is 5.16. The maximum Gasteiger partial charge on any atom is 0.115 e. The smallest absolute Gasteiger partial charge is 0.115 e. The summed E-state index contributed by atoms with van der Waals surface area (Å²) < 4.78 is 0. The van der Waals surface area contributed by atoms with Gasteiger partial charge in [0.1, 0.15) is 6.33 Å². The third-order valence-corrected chi connectivity index (χ3v) is 2.46. The highest BCUT2D eigenvalue weighted by Gasteiger charge is 2.12. The first kappa shape index (κ1) is 10.7. The third kappa shape index (κ3) is 2.23. The minimum atomic E-state index is 0.114. The van der Waals surface area contributed by atoms with Crippen molar-refractivity contribution < 1.29 is 0 Å². The van der Waals surface area contributed by atoms with Crippen LogP contribution in [0.15, 0.2) is 37.1 Å². The molecule has 1 N–H and O–H groups in total. The standard InChI is InChI=1S/C12H14N4/c1-9-5-10(3-4-16-9)12(13-2)11-6-14-8-15-7-11/h3-8,12-13H,1-2H3. The van der Waals surface area contributed by atoms with Crippen molar-refractivity contribution in [3.63, 3.8) is 0 Å². The highest BCUT2D eigenvalue weighted by Crippen LogP contribution is 2.19. The van der Waals surface area contributed by atoms with Crippen LogP contribution >= 0.6 is 0 Å². The lowest BCUT2D eigenvalue weighted by Crippen LogP contribution is -2.18. The van der Waals surface area contributed by atoms with Crippen LogP contribution in [0.2, 0.25) is 0 Å². The molecule has 0 bridgehead atoms. The summed E-state index contributed by atoms with van der Waals surface area (Å²) >= 11 is 0. The lowest BCUT2D eigenvalue weighted by Gasteiger charge is -2.16. The van der Waals surface area contributed by atoms with Gasteiger partial charge in [0.2, 0.25) is 0 Å². The Hall–Kier alpha value is -1.81. The summed E-state index contributed by atoms with van der Waals surface area (Å²) in [7, 11) is 1.92. The Morgan fingerprint density at radius 3 is 2.56 bits per heavy atom. The molecule has 1 unspecified atom stereocenters. The van der Waals surface area contributed by atoms with Crippen LogP contribution in [0.5, 0.6) is 0 Å². The van der Waals surface area contributed by atoms with E-state index in [-0.39, 0.29) is 6.04 Å². The molecular formula is C12H14N4. The molecule has 0 aliphatic carbocycles.